The predicted octanol–water partition coefficient (Wildman–Crippen LogP) is 3.97. The first kappa shape index (κ1) is 18.7. The Kier molecular flexibility index (Phi) is 5.20. The third-order valence-electron chi connectivity index (χ3n) is 5.13. The summed E-state index contributed by atoms with van der Waals surface area (Å²) in [5, 5.41) is 0.634. The lowest BCUT2D eigenvalue weighted by atomic mass is 10.0. The Balaban J connectivity index is 1.61. The fourth-order valence-electron chi connectivity index (χ4n) is 3.55. The maximum atomic E-state index is 12.6. The van der Waals surface area contributed by atoms with Gasteiger partial charge < -0.3 is 9.72 Å². The minimum absolute atomic E-state index is 0.0420. The number of aryl methyl sites for hydroxylation is 1. The number of rotatable bonds is 4. The standard InChI is InChI=1S/C22H22ClN3O2/c1-14-6-8-15(9-7-14)21-24-18-13-26(11-10-17(18)22(27)25-21)12-16-4-3-5-19(28-2)20(16)23/h3-9H,10-13H2,1-2H3,(H,24,25,27). The molecule has 0 atom stereocenters. The minimum Gasteiger partial charge on any atom is -0.495 e. The first-order chi connectivity index (χ1) is 13.5. The van der Waals surface area contributed by atoms with Gasteiger partial charge in [-0.1, -0.05) is 53.6 Å². The molecule has 1 aliphatic heterocycles. The minimum atomic E-state index is -0.0420. The highest BCUT2D eigenvalue weighted by Gasteiger charge is 2.22. The zero-order valence-electron chi connectivity index (χ0n) is 16.0. The van der Waals surface area contributed by atoms with Gasteiger partial charge in [0.1, 0.15) is 11.6 Å². The molecule has 3 aromatic rings. The van der Waals surface area contributed by atoms with Crippen molar-refractivity contribution >= 4 is 11.6 Å². The maximum Gasteiger partial charge on any atom is 0.254 e. The van der Waals surface area contributed by atoms with Crippen molar-refractivity contribution in [2.45, 2.75) is 26.4 Å². The van der Waals surface area contributed by atoms with Crippen LogP contribution in [0.15, 0.2) is 47.3 Å². The zero-order chi connectivity index (χ0) is 19.7. The molecule has 1 aliphatic rings. The van der Waals surface area contributed by atoms with Crippen molar-refractivity contribution in [1.29, 1.82) is 0 Å². The van der Waals surface area contributed by atoms with Crippen LogP contribution in [-0.2, 0) is 19.5 Å². The average molecular weight is 396 g/mol. The van der Waals surface area contributed by atoms with Crippen molar-refractivity contribution in [3.63, 3.8) is 0 Å². The number of aromatic amines is 1. The monoisotopic (exact) mass is 395 g/mol. The summed E-state index contributed by atoms with van der Waals surface area (Å²) in [6.07, 6.45) is 0.674. The van der Waals surface area contributed by atoms with E-state index in [1.165, 1.54) is 5.56 Å². The van der Waals surface area contributed by atoms with Crippen molar-refractivity contribution < 1.29 is 4.74 Å². The number of nitrogens with one attached hydrogen (secondary N) is 1. The van der Waals surface area contributed by atoms with Gasteiger partial charge in [0.25, 0.3) is 5.56 Å². The summed E-state index contributed by atoms with van der Waals surface area (Å²) in [6, 6.07) is 13.8. The van der Waals surface area contributed by atoms with Crippen LogP contribution in [0.2, 0.25) is 5.02 Å². The largest absolute Gasteiger partial charge is 0.495 e. The van der Waals surface area contributed by atoms with E-state index in [-0.39, 0.29) is 5.56 Å². The van der Waals surface area contributed by atoms with Gasteiger partial charge >= 0.3 is 0 Å². The smallest absolute Gasteiger partial charge is 0.254 e. The van der Waals surface area contributed by atoms with Crippen LogP contribution in [-0.4, -0.2) is 28.5 Å². The van der Waals surface area contributed by atoms with Gasteiger partial charge in [-0.3, -0.25) is 9.69 Å². The second kappa shape index (κ2) is 7.78. The maximum absolute atomic E-state index is 12.6. The molecule has 0 aliphatic carbocycles. The Morgan fingerprint density at radius 2 is 2.00 bits per heavy atom. The second-order valence-corrected chi connectivity index (χ2v) is 7.48. The Bertz CT molecular complexity index is 1060. The molecule has 2 aromatic carbocycles. The van der Waals surface area contributed by atoms with E-state index in [1.54, 1.807) is 7.11 Å². The van der Waals surface area contributed by atoms with E-state index in [1.807, 2.05) is 49.4 Å². The molecule has 6 heteroatoms. The normalized spacial score (nSPS) is 14.0. The highest BCUT2D eigenvalue weighted by atomic mass is 35.5. The summed E-state index contributed by atoms with van der Waals surface area (Å²) in [6.45, 7) is 4.12. The first-order valence-corrected chi connectivity index (χ1v) is 9.66. The molecule has 2 heterocycles. The lowest BCUT2D eigenvalue weighted by Gasteiger charge is -2.28. The molecule has 5 nitrogen and oxygen atoms in total. The van der Waals surface area contributed by atoms with E-state index in [0.29, 0.717) is 36.1 Å². The summed E-state index contributed by atoms with van der Waals surface area (Å²) in [5.41, 5.74) is 4.67. The second-order valence-electron chi connectivity index (χ2n) is 7.10. The Morgan fingerprint density at radius 1 is 1.21 bits per heavy atom. The van der Waals surface area contributed by atoms with Crippen LogP contribution < -0.4 is 10.3 Å². The van der Waals surface area contributed by atoms with E-state index in [0.717, 1.165) is 28.9 Å². The molecule has 1 N–H and O–H groups in total. The van der Waals surface area contributed by atoms with Gasteiger partial charge in [0.15, 0.2) is 0 Å². The number of H-pyrrole nitrogens is 1. The molecule has 0 bridgehead atoms. The van der Waals surface area contributed by atoms with Crippen LogP contribution >= 0.6 is 11.6 Å². The van der Waals surface area contributed by atoms with Crippen molar-refractivity contribution in [2.24, 2.45) is 0 Å². The van der Waals surface area contributed by atoms with Gasteiger partial charge in [-0.15, -0.1) is 0 Å². The Hall–Kier alpha value is -2.63. The summed E-state index contributed by atoms with van der Waals surface area (Å²) in [5.74, 6) is 1.29. The van der Waals surface area contributed by atoms with Gasteiger partial charge in [0.05, 0.1) is 17.8 Å². The number of hydrogen-bond acceptors (Lipinski definition) is 4. The lowest BCUT2D eigenvalue weighted by molar-refractivity contribution is 0.240. The van der Waals surface area contributed by atoms with Gasteiger partial charge in [0, 0.05) is 30.8 Å². The first-order valence-electron chi connectivity index (χ1n) is 9.28. The Morgan fingerprint density at radius 3 is 2.75 bits per heavy atom. The molecule has 0 amide bonds. The highest BCUT2D eigenvalue weighted by molar-refractivity contribution is 6.32. The summed E-state index contributed by atoms with van der Waals surface area (Å²) >= 11 is 6.45. The number of benzene rings is 2. The van der Waals surface area contributed by atoms with E-state index >= 15 is 0 Å². The van der Waals surface area contributed by atoms with E-state index in [9.17, 15) is 4.79 Å². The van der Waals surface area contributed by atoms with Gasteiger partial charge in [-0.2, -0.15) is 0 Å². The number of nitrogens with zero attached hydrogens (tertiary/aromatic N) is 2. The highest BCUT2D eigenvalue weighted by Crippen LogP contribution is 2.29. The van der Waals surface area contributed by atoms with Crippen LogP contribution in [0.3, 0.4) is 0 Å². The van der Waals surface area contributed by atoms with Crippen LogP contribution in [0.1, 0.15) is 22.4 Å². The number of aromatic nitrogens is 2. The lowest BCUT2D eigenvalue weighted by Crippen LogP contribution is -2.35. The molecule has 0 saturated heterocycles. The predicted molar refractivity (Wildman–Crippen MR) is 111 cm³/mol. The number of halogens is 1. The molecular weight excluding hydrogens is 374 g/mol. The van der Waals surface area contributed by atoms with E-state index in [2.05, 4.69) is 9.88 Å². The summed E-state index contributed by atoms with van der Waals surface area (Å²) in [7, 11) is 1.62. The number of fused-ring (bicyclic) bond motifs is 1. The van der Waals surface area contributed by atoms with Crippen LogP contribution in [0.4, 0.5) is 0 Å². The number of methoxy groups -OCH3 is 1. The molecule has 28 heavy (non-hydrogen) atoms. The number of ether oxygens (including phenoxy) is 1. The molecular formula is C22H22ClN3O2. The molecule has 1 aromatic heterocycles. The van der Waals surface area contributed by atoms with E-state index < -0.39 is 0 Å². The molecule has 0 unspecified atom stereocenters. The number of hydrogen-bond donors (Lipinski definition) is 1. The van der Waals surface area contributed by atoms with Crippen LogP contribution in [0, 0.1) is 6.92 Å². The summed E-state index contributed by atoms with van der Waals surface area (Å²) in [4.78, 5) is 22.5. The third-order valence-corrected chi connectivity index (χ3v) is 5.56. The molecule has 0 spiro atoms. The van der Waals surface area contributed by atoms with Gasteiger partial charge in [-0.25, -0.2) is 4.98 Å². The van der Waals surface area contributed by atoms with Crippen LogP contribution in [0.5, 0.6) is 5.75 Å². The van der Waals surface area contributed by atoms with Crippen molar-refractivity contribution in [1.82, 2.24) is 14.9 Å². The topological polar surface area (TPSA) is 58.2 Å². The zero-order valence-corrected chi connectivity index (χ0v) is 16.7. The molecule has 0 fully saturated rings. The molecule has 0 saturated carbocycles. The third kappa shape index (κ3) is 3.68. The Labute approximate surface area is 169 Å². The fourth-order valence-corrected chi connectivity index (χ4v) is 3.82. The quantitative estimate of drug-likeness (QED) is 0.726. The van der Waals surface area contributed by atoms with E-state index in [4.69, 9.17) is 21.3 Å². The van der Waals surface area contributed by atoms with Crippen molar-refractivity contribution in [3.8, 4) is 17.1 Å². The molecule has 4 rings (SSSR count). The SMILES string of the molecule is COc1cccc(CN2CCc3c(nc(-c4ccc(C)cc4)[nH]c3=O)C2)c1Cl. The fraction of sp³-hybridized carbons (Fsp3) is 0.273. The summed E-state index contributed by atoms with van der Waals surface area (Å²) < 4.78 is 5.31. The van der Waals surface area contributed by atoms with Gasteiger partial charge in [0.2, 0.25) is 0 Å². The van der Waals surface area contributed by atoms with Crippen molar-refractivity contribution in [2.75, 3.05) is 13.7 Å². The molecule has 144 valence electrons. The van der Waals surface area contributed by atoms with Crippen molar-refractivity contribution in [3.05, 3.63) is 80.2 Å². The van der Waals surface area contributed by atoms with Gasteiger partial charge in [-0.05, 0) is 25.0 Å². The average Bonchev–Trinajstić information content (AvgIpc) is 2.70. The van der Waals surface area contributed by atoms with Crippen LogP contribution in [0.25, 0.3) is 11.4 Å². The molecule has 0 radical (unpaired) electrons.